The summed E-state index contributed by atoms with van der Waals surface area (Å²) in [7, 11) is -2.26. The van der Waals surface area contributed by atoms with Crippen LogP contribution in [-0.2, 0) is 16.2 Å². The third kappa shape index (κ3) is 4.03. The second-order valence-corrected chi connectivity index (χ2v) is 8.02. The smallest absolute Gasteiger partial charge is 0.416 e. The minimum Gasteiger partial charge on any atom is -0.495 e. The van der Waals surface area contributed by atoms with Crippen LogP contribution in [0.3, 0.4) is 0 Å². The lowest BCUT2D eigenvalue weighted by Gasteiger charge is -2.35. The number of benzene rings is 2. The van der Waals surface area contributed by atoms with E-state index in [1.165, 1.54) is 4.31 Å². The van der Waals surface area contributed by atoms with Gasteiger partial charge in [-0.25, -0.2) is 8.42 Å². The average molecular weight is 400 g/mol. The predicted molar refractivity (Wildman–Crippen MR) is 95.4 cm³/mol. The molecular formula is C18H19F3N2O3S. The van der Waals surface area contributed by atoms with Gasteiger partial charge in [-0.15, -0.1) is 0 Å². The number of anilines is 1. The van der Waals surface area contributed by atoms with Crippen molar-refractivity contribution in [1.29, 1.82) is 0 Å². The third-order valence-electron chi connectivity index (χ3n) is 4.48. The maximum Gasteiger partial charge on any atom is 0.416 e. The van der Waals surface area contributed by atoms with Gasteiger partial charge in [-0.1, -0.05) is 12.1 Å². The largest absolute Gasteiger partial charge is 0.495 e. The average Bonchev–Trinajstić information content (AvgIpc) is 2.67. The number of piperazine rings is 1. The molecule has 0 aromatic heterocycles. The van der Waals surface area contributed by atoms with E-state index < -0.39 is 21.8 Å². The first-order valence-corrected chi connectivity index (χ1v) is 9.73. The number of alkyl halides is 3. The van der Waals surface area contributed by atoms with Crippen LogP contribution in [0, 0.1) is 0 Å². The van der Waals surface area contributed by atoms with Gasteiger partial charge < -0.3 is 9.64 Å². The van der Waals surface area contributed by atoms with Gasteiger partial charge in [-0.3, -0.25) is 0 Å². The third-order valence-corrected chi connectivity index (χ3v) is 6.40. The molecule has 1 aliphatic rings. The molecule has 0 amide bonds. The fraction of sp³-hybridized carbons (Fsp3) is 0.333. The van der Waals surface area contributed by atoms with Gasteiger partial charge in [0.1, 0.15) is 5.75 Å². The molecule has 2 aromatic carbocycles. The molecule has 9 heteroatoms. The molecule has 1 heterocycles. The topological polar surface area (TPSA) is 49.9 Å². The molecule has 0 N–H and O–H groups in total. The highest BCUT2D eigenvalue weighted by Gasteiger charge is 2.32. The normalized spacial score (nSPS) is 16.4. The van der Waals surface area contributed by atoms with Crippen molar-refractivity contribution in [3.05, 3.63) is 54.1 Å². The number of para-hydroxylation sites is 2. The molecule has 3 rings (SSSR count). The summed E-state index contributed by atoms with van der Waals surface area (Å²) in [6.45, 7) is 1.39. The zero-order valence-corrected chi connectivity index (χ0v) is 15.4. The number of halogens is 3. The first kappa shape index (κ1) is 19.5. The van der Waals surface area contributed by atoms with Crippen LogP contribution in [0.25, 0.3) is 0 Å². The Morgan fingerprint density at radius 1 is 0.926 bits per heavy atom. The standard InChI is InChI=1S/C18H19F3N2O3S/c1-26-17-5-3-2-4-16(17)22-10-12-23(13-11-22)27(24,25)15-8-6-14(7-9-15)18(19,20)21/h2-9H,10-13H2,1H3. The van der Waals surface area contributed by atoms with Gasteiger partial charge in [-0.2, -0.15) is 17.5 Å². The summed E-state index contributed by atoms with van der Waals surface area (Å²) in [4.78, 5) is 1.89. The van der Waals surface area contributed by atoms with E-state index in [1.54, 1.807) is 7.11 Å². The Kier molecular flexibility index (Phi) is 5.34. The zero-order valence-electron chi connectivity index (χ0n) is 14.6. The molecule has 1 aliphatic heterocycles. The minimum atomic E-state index is -4.50. The summed E-state index contributed by atoms with van der Waals surface area (Å²) in [6.07, 6.45) is -4.50. The number of nitrogens with zero attached hydrogens (tertiary/aromatic N) is 2. The van der Waals surface area contributed by atoms with Crippen LogP contribution >= 0.6 is 0 Å². The lowest BCUT2D eigenvalue weighted by Crippen LogP contribution is -2.48. The molecule has 0 atom stereocenters. The second kappa shape index (κ2) is 7.40. The molecule has 0 saturated carbocycles. The monoisotopic (exact) mass is 400 g/mol. The van der Waals surface area contributed by atoms with Crippen LogP contribution in [0.4, 0.5) is 18.9 Å². The number of hydrogen-bond acceptors (Lipinski definition) is 4. The number of rotatable bonds is 4. The van der Waals surface area contributed by atoms with Crippen molar-refractivity contribution in [1.82, 2.24) is 4.31 Å². The van der Waals surface area contributed by atoms with Gasteiger partial charge in [0.15, 0.2) is 0 Å². The molecule has 27 heavy (non-hydrogen) atoms. The summed E-state index contributed by atoms with van der Waals surface area (Å²) in [5.74, 6) is 0.705. The Morgan fingerprint density at radius 3 is 2.07 bits per heavy atom. The van der Waals surface area contributed by atoms with Crippen LogP contribution < -0.4 is 9.64 Å². The first-order chi connectivity index (χ1) is 12.7. The minimum absolute atomic E-state index is 0.138. The molecule has 0 bridgehead atoms. The van der Waals surface area contributed by atoms with Crippen molar-refractivity contribution in [3.8, 4) is 5.75 Å². The highest BCUT2D eigenvalue weighted by Crippen LogP contribution is 2.31. The number of methoxy groups -OCH3 is 1. The van der Waals surface area contributed by atoms with Crippen molar-refractivity contribution in [3.63, 3.8) is 0 Å². The van der Waals surface area contributed by atoms with Crippen LogP contribution in [0.1, 0.15) is 5.56 Å². The maximum atomic E-state index is 12.7. The van der Waals surface area contributed by atoms with Crippen LogP contribution in [0.15, 0.2) is 53.4 Å². The molecule has 0 aliphatic carbocycles. The van der Waals surface area contributed by atoms with E-state index in [4.69, 9.17) is 4.74 Å². The van der Waals surface area contributed by atoms with Gasteiger partial charge in [0.05, 0.1) is 23.3 Å². The van der Waals surface area contributed by atoms with E-state index in [0.717, 1.165) is 30.0 Å². The summed E-state index contributed by atoms with van der Waals surface area (Å²) in [5.41, 5.74) is 0.00835. The molecule has 1 fully saturated rings. The Morgan fingerprint density at radius 2 is 1.52 bits per heavy atom. The van der Waals surface area contributed by atoms with E-state index in [2.05, 4.69) is 0 Å². The Balaban J connectivity index is 1.73. The quantitative estimate of drug-likeness (QED) is 0.791. The molecule has 1 saturated heterocycles. The van der Waals surface area contributed by atoms with Crippen LogP contribution in [-0.4, -0.2) is 46.0 Å². The molecule has 0 unspecified atom stereocenters. The van der Waals surface area contributed by atoms with Crippen molar-refractivity contribution >= 4 is 15.7 Å². The molecular weight excluding hydrogens is 381 g/mol. The van der Waals surface area contributed by atoms with Gasteiger partial charge in [0.25, 0.3) is 0 Å². The van der Waals surface area contributed by atoms with Crippen molar-refractivity contribution in [2.75, 3.05) is 38.2 Å². The van der Waals surface area contributed by atoms with Crippen LogP contribution in [0.2, 0.25) is 0 Å². The SMILES string of the molecule is COc1ccccc1N1CCN(S(=O)(=O)c2ccc(C(F)(F)F)cc2)CC1. The molecule has 2 aromatic rings. The van der Waals surface area contributed by atoms with E-state index in [9.17, 15) is 21.6 Å². The zero-order chi connectivity index (χ0) is 19.7. The summed E-state index contributed by atoms with van der Waals surface area (Å²) < 4.78 is 70.0. The van der Waals surface area contributed by atoms with Gasteiger partial charge in [0.2, 0.25) is 10.0 Å². The lowest BCUT2D eigenvalue weighted by molar-refractivity contribution is -0.137. The van der Waals surface area contributed by atoms with Gasteiger partial charge in [-0.05, 0) is 36.4 Å². The fourth-order valence-electron chi connectivity index (χ4n) is 3.03. The fourth-order valence-corrected chi connectivity index (χ4v) is 4.45. The number of ether oxygens (including phenoxy) is 1. The summed E-state index contributed by atoms with van der Waals surface area (Å²) >= 11 is 0. The van der Waals surface area contributed by atoms with Gasteiger partial charge >= 0.3 is 6.18 Å². The summed E-state index contributed by atoms with van der Waals surface area (Å²) in [6, 6.07) is 11.1. The predicted octanol–water partition coefficient (Wildman–Crippen LogP) is 3.22. The molecule has 0 radical (unpaired) electrons. The van der Waals surface area contributed by atoms with Gasteiger partial charge in [0, 0.05) is 26.2 Å². The molecule has 146 valence electrons. The van der Waals surface area contributed by atoms with Crippen molar-refractivity contribution < 1.29 is 26.3 Å². The Bertz CT molecular complexity index is 891. The van der Waals surface area contributed by atoms with Crippen molar-refractivity contribution in [2.45, 2.75) is 11.1 Å². The molecule has 0 spiro atoms. The summed E-state index contributed by atoms with van der Waals surface area (Å²) in [5, 5.41) is 0. The maximum absolute atomic E-state index is 12.7. The second-order valence-electron chi connectivity index (χ2n) is 6.09. The van der Waals surface area contributed by atoms with Crippen LogP contribution in [0.5, 0.6) is 5.75 Å². The molecule has 5 nitrogen and oxygen atoms in total. The van der Waals surface area contributed by atoms with E-state index in [1.807, 2.05) is 29.2 Å². The Hall–Kier alpha value is -2.26. The lowest BCUT2D eigenvalue weighted by atomic mass is 10.2. The highest BCUT2D eigenvalue weighted by atomic mass is 32.2. The van der Waals surface area contributed by atoms with Crippen molar-refractivity contribution in [2.24, 2.45) is 0 Å². The first-order valence-electron chi connectivity index (χ1n) is 8.29. The number of sulfonamides is 1. The number of hydrogen-bond donors (Lipinski definition) is 0. The van der Waals surface area contributed by atoms with E-state index in [-0.39, 0.29) is 18.0 Å². The Labute approximate surface area is 156 Å². The van der Waals surface area contributed by atoms with E-state index >= 15 is 0 Å². The van der Waals surface area contributed by atoms with E-state index in [0.29, 0.717) is 18.8 Å². The highest BCUT2D eigenvalue weighted by molar-refractivity contribution is 7.89.